The second-order valence-corrected chi connectivity index (χ2v) is 9.86. The van der Waals surface area contributed by atoms with Crippen LogP contribution in [-0.2, 0) is 4.74 Å². The van der Waals surface area contributed by atoms with E-state index in [2.05, 4.69) is 20.3 Å². The molecule has 1 aliphatic rings. The third-order valence-corrected chi connectivity index (χ3v) is 6.08. The van der Waals surface area contributed by atoms with Gasteiger partial charge in [0.15, 0.2) is 6.23 Å². The van der Waals surface area contributed by atoms with Crippen molar-refractivity contribution in [1.82, 2.24) is 24.8 Å². The summed E-state index contributed by atoms with van der Waals surface area (Å²) in [6.07, 6.45) is 1.28. The lowest BCUT2D eigenvalue weighted by Gasteiger charge is -2.26. The topological polar surface area (TPSA) is 104 Å². The largest absolute Gasteiger partial charge is 0.444 e. The number of aliphatic hydroxyl groups is 1. The molecule has 1 fully saturated rings. The number of nitrogens with one attached hydrogen (secondary N) is 1. The number of nitrogens with zero attached hydrogens (tertiary/aromatic N) is 5. The van der Waals surface area contributed by atoms with Crippen molar-refractivity contribution in [2.75, 3.05) is 25.1 Å². The molecule has 2 atom stereocenters. The van der Waals surface area contributed by atoms with Crippen molar-refractivity contribution in [3.05, 3.63) is 47.0 Å². The number of thiophene rings is 1. The van der Waals surface area contributed by atoms with Gasteiger partial charge in [-0.15, -0.1) is 11.3 Å². The molecule has 0 aromatic carbocycles. The van der Waals surface area contributed by atoms with Gasteiger partial charge in [-0.25, -0.2) is 19.2 Å². The van der Waals surface area contributed by atoms with Crippen LogP contribution in [0.2, 0.25) is 0 Å². The molecule has 9 nitrogen and oxygen atoms in total. The first-order chi connectivity index (χ1) is 15.6. The molecule has 176 valence electrons. The fourth-order valence-corrected chi connectivity index (χ4v) is 4.36. The Morgan fingerprint density at radius 2 is 2.09 bits per heavy atom. The smallest absolute Gasteiger partial charge is 0.411 e. The molecule has 3 aromatic heterocycles. The van der Waals surface area contributed by atoms with Crippen molar-refractivity contribution in [2.24, 2.45) is 0 Å². The van der Waals surface area contributed by atoms with E-state index in [1.165, 1.54) is 17.4 Å². The molecule has 1 aliphatic heterocycles. The van der Waals surface area contributed by atoms with Crippen LogP contribution >= 0.6 is 11.3 Å². The van der Waals surface area contributed by atoms with Gasteiger partial charge in [0, 0.05) is 19.3 Å². The van der Waals surface area contributed by atoms with Crippen LogP contribution in [0.25, 0.3) is 10.2 Å². The van der Waals surface area contributed by atoms with Crippen molar-refractivity contribution in [1.29, 1.82) is 0 Å². The van der Waals surface area contributed by atoms with Gasteiger partial charge in [-0.3, -0.25) is 14.8 Å². The maximum absolute atomic E-state index is 13.6. The van der Waals surface area contributed by atoms with Gasteiger partial charge in [0.1, 0.15) is 17.1 Å². The first-order valence-corrected chi connectivity index (χ1v) is 11.5. The second-order valence-electron chi connectivity index (χ2n) is 8.94. The van der Waals surface area contributed by atoms with Crippen LogP contribution < -0.4 is 5.32 Å². The van der Waals surface area contributed by atoms with Crippen LogP contribution in [0.5, 0.6) is 0 Å². The van der Waals surface area contributed by atoms with Gasteiger partial charge in [-0.05, 0) is 50.8 Å². The molecule has 4 heterocycles. The maximum Gasteiger partial charge on any atom is 0.411 e. The Balaban J connectivity index is 1.54. The maximum atomic E-state index is 13.6. The number of halogens is 1. The Morgan fingerprint density at radius 1 is 1.30 bits per heavy atom. The van der Waals surface area contributed by atoms with Gasteiger partial charge < -0.3 is 15.2 Å². The highest BCUT2D eigenvalue weighted by Crippen LogP contribution is 2.31. The molecule has 1 amide bonds. The Morgan fingerprint density at radius 3 is 2.82 bits per heavy atom. The summed E-state index contributed by atoms with van der Waals surface area (Å²) in [6.45, 7) is 8.45. The Bertz CT molecular complexity index is 1150. The molecule has 0 spiro atoms. The van der Waals surface area contributed by atoms with Crippen molar-refractivity contribution < 1.29 is 19.0 Å². The number of anilines is 1. The van der Waals surface area contributed by atoms with Crippen LogP contribution in [0.15, 0.2) is 29.9 Å². The van der Waals surface area contributed by atoms with Crippen LogP contribution in [0, 0.1) is 5.82 Å². The van der Waals surface area contributed by atoms with E-state index in [1.54, 1.807) is 16.0 Å². The number of carbonyl (C=O) groups is 1. The van der Waals surface area contributed by atoms with Crippen molar-refractivity contribution in [2.45, 2.75) is 45.6 Å². The Hall–Kier alpha value is -2.89. The zero-order valence-electron chi connectivity index (χ0n) is 18.9. The number of ether oxygens (including phenoxy) is 1. The first kappa shape index (κ1) is 23.3. The highest BCUT2D eigenvalue weighted by atomic mass is 32.1. The normalized spacial score (nSPS) is 16.7. The van der Waals surface area contributed by atoms with E-state index in [0.29, 0.717) is 35.8 Å². The molecule has 2 unspecified atom stereocenters. The summed E-state index contributed by atoms with van der Waals surface area (Å²) < 4.78 is 19.8. The molecular formula is C22H27FN6O3S. The van der Waals surface area contributed by atoms with Crippen LogP contribution in [0.3, 0.4) is 0 Å². The van der Waals surface area contributed by atoms with E-state index >= 15 is 0 Å². The fraction of sp³-hybridized carbons (Fsp3) is 0.455. The molecule has 33 heavy (non-hydrogen) atoms. The third kappa shape index (κ3) is 5.37. The summed E-state index contributed by atoms with van der Waals surface area (Å²) in [5, 5.41) is 16.2. The molecule has 0 saturated carbocycles. The van der Waals surface area contributed by atoms with E-state index in [1.807, 2.05) is 39.1 Å². The number of aromatic nitrogens is 3. The van der Waals surface area contributed by atoms with Crippen molar-refractivity contribution in [3.8, 4) is 0 Å². The Labute approximate surface area is 195 Å². The zero-order valence-corrected chi connectivity index (χ0v) is 19.8. The Kier molecular flexibility index (Phi) is 6.46. The minimum Gasteiger partial charge on any atom is -0.444 e. The van der Waals surface area contributed by atoms with Crippen molar-refractivity contribution in [3.63, 3.8) is 0 Å². The SMILES string of the molecule is CC(Nc1nc(C(O)N2CCN(C(=O)OC(C)(C)C)C2)c2sccc2n1)c1cncc(F)c1. The summed E-state index contributed by atoms with van der Waals surface area (Å²) in [6, 6.07) is 2.96. The lowest BCUT2D eigenvalue weighted by molar-refractivity contribution is -0.00434. The number of fused-ring (bicyclic) bond motifs is 1. The highest BCUT2D eigenvalue weighted by molar-refractivity contribution is 7.17. The summed E-state index contributed by atoms with van der Waals surface area (Å²) in [5.74, 6) is -0.107. The summed E-state index contributed by atoms with van der Waals surface area (Å²) in [5.41, 5.74) is 1.21. The predicted molar refractivity (Wildman–Crippen MR) is 123 cm³/mol. The summed E-state index contributed by atoms with van der Waals surface area (Å²) in [7, 11) is 0. The minimum atomic E-state index is -1.03. The molecule has 3 aromatic rings. The first-order valence-electron chi connectivity index (χ1n) is 10.6. The van der Waals surface area contributed by atoms with Gasteiger partial charge in [0.05, 0.1) is 29.1 Å². The number of aliphatic hydroxyl groups excluding tert-OH is 1. The van der Waals surface area contributed by atoms with E-state index in [-0.39, 0.29) is 12.7 Å². The minimum absolute atomic E-state index is 0.223. The second kappa shape index (κ2) is 9.16. The number of rotatable bonds is 5. The van der Waals surface area contributed by atoms with E-state index in [9.17, 15) is 14.3 Å². The number of carbonyl (C=O) groups excluding carboxylic acids is 1. The number of pyridine rings is 1. The standard InChI is InChI=1S/C22H27FN6O3S/c1-13(14-9-15(23)11-24-10-14)25-20-26-16-5-8-33-18(16)17(27-20)19(30)28-6-7-29(12-28)21(31)32-22(2,3)4/h5,8-11,13,19,30H,6-7,12H2,1-4H3,(H,25,26,27). The molecule has 0 aliphatic carbocycles. The van der Waals surface area contributed by atoms with Crippen LogP contribution in [0.1, 0.15) is 51.2 Å². The van der Waals surface area contributed by atoms with E-state index < -0.39 is 23.7 Å². The quantitative estimate of drug-likeness (QED) is 0.574. The molecular weight excluding hydrogens is 447 g/mol. The average Bonchev–Trinajstić information content (AvgIpc) is 3.41. The van der Waals surface area contributed by atoms with Gasteiger partial charge in [0.25, 0.3) is 0 Å². The van der Waals surface area contributed by atoms with Crippen molar-refractivity contribution >= 4 is 33.6 Å². The van der Waals surface area contributed by atoms with Gasteiger partial charge in [-0.1, -0.05) is 0 Å². The zero-order chi connectivity index (χ0) is 23.8. The molecule has 11 heteroatoms. The van der Waals surface area contributed by atoms with Crippen LogP contribution in [0.4, 0.5) is 15.1 Å². The highest BCUT2D eigenvalue weighted by Gasteiger charge is 2.33. The lowest BCUT2D eigenvalue weighted by Crippen LogP contribution is -2.37. The summed E-state index contributed by atoms with van der Waals surface area (Å²) >= 11 is 1.44. The monoisotopic (exact) mass is 474 g/mol. The predicted octanol–water partition coefficient (Wildman–Crippen LogP) is 3.90. The van der Waals surface area contributed by atoms with Gasteiger partial charge in [0.2, 0.25) is 5.95 Å². The van der Waals surface area contributed by atoms with Gasteiger partial charge >= 0.3 is 6.09 Å². The molecule has 0 bridgehead atoms. The van der Waals surface area contributed by atoms with E-state index in [4.69, 9.17) is 4.74 Å². The van der Waals surface area contributed by atoms with Gasteiger partial charge in [-0.2, -0.15) is 0 Å². The number of hydrogen-bond acceptors (Lipinski definition) is 9. The fourth-order valence-electron chi connectivity index (χ4n) is 3.53. The van der Waals surface area contributed by atoms with Crippen LogP contribution in [-0.4, -0.2) is 61.3 Å². The number of amides is 1. The molecule has 2 N–H and O–H groups in total. The molecule has 1 saturated heterocycles. The third-order valence-electron chi connectivity index (χ3n) is 5.15. The average molecular weight is 475 g/mol. The molecule has 4 rings (SSSR count). The van der Waals surface area contributed by atoms with E-state index in [0.717, 1.165) is 10.9 Å². The molecule has 0 radical (unpaired) electrons. The number of hydrogen-bond donors (Lipinski definition) is 2. The summed E-state index contributed by atoms with van der Waals surface area (Å²) in [4.78, 5) is 28.7. The lowest BCUT2D eigenvalue weighted by atomic mass is 10.1.